The summed E-state index contributed by atoms with van der Waals surface area (Å²) >= 11 is 0. The number of unbranched alkanes of at least 4 members (excludes halogenated alkanes) is 14. The molecule has 0 unspecified atom stereocenters. The van der Waals surface area contributed by atoms with Crippen molar-refractivity contribution >= 4 is 20.2 Å². The number of imidazole rings is 2. The number of ether oxygens (including phenoxy) is 4. The van der Waals surface area contributed by atoms with E-state index in [1.165, 1.54) is 125 Å². The second-order valence-corrected chi connectivity index (χ2v) is 25.4. The molecule has 0 aliphatic heterocycles. The second-order valence-electron chi connectivity index (χ2n) is 22.6. The topological polar surface area (TPSA) is 169 Å². The highest BCUT2D eigenvalue weighted by Crippen LogP contribution is 2.41. The number of para-hydroxylation sites is 2. The van der Waals surface area contributed by atoms with Gasteiger partial charge in [-0.05, 0) is 97.9 Å². The van der Waals surface area contributed by atoms with Crippen molar-refractivity contribution in [2.45, 2.75) is 209 Å². The van der Waals surface area contributed by atoms with E-state index in [1.807, 2.05) is 0 Å². The standard InChI is InChI=1S/C66H94N4O4.2CH4O3S/c1-7-13-15-17-19-21-23-25-33-67-35-37-69(51-67)61-47-57-43-53-29-27-31-55(63(53)71-39-9-3)45-59-49-62(70-38-36-68(52-70)34-26-24-22-20-18-16-14-8-2)50-60(66(59)74-42-12-6)46-56-32-28-30-54(64(56)72-40-10-4)44-58(48-61)65(57)73-41-11-5;2*1-5(2,3)4/h27-32,35-38,47-52H,7-26,33-34,39-46H2,1-6H3;2*1H3,(H,2,3,4)/q+2;;/p-2. The number of aromatic nitrogens is 4. The number of hydrogen-bond acceptors (Lipinski definition) is 10. The fourth-order valence-electron chi connectivity index (χ4n) is 10.7. The van der Waals surface area contributed by atoms with Crippen LogP contribution < -0.4 is 28.1 Å². The zero-order valence-corrected chi connectivity index (χ0v) is 53.8. The molecule has 4 aromatic carbocycles. The molecule has 14 nitrogen and oxygen atoms in total. The van der Waals surface area contributed by atoms with E-state index in [0.717, 1.165) is 95.4 Å². The molecule has 0 saturated heterocycles. The van der Waals surface area contributed by atoms with Crippen LogP contribution in [0, 0.1) is 0 Å². The smallest absolute Gasteiger partial charge is 0.248 e. The van der Waals surface area contributed by atoms with Gasteiger partial charge in [0.2, 0.25) is 12.7 Å². The Labute approximate surface area is 505 Å². The van der Waals surface area contributed by atoms with E-state index in [1.54, 1.807) is 0 Å². The van der Waals surface area contributed by atoms with Crippen LogP contribution in [0.25, 0.3) is 11.4 Å². The highest BCUT2D eigenvalue weighted by molar-refractivity contribution is 7.85. The lowest BCUT2D eigenvalue weighted by Crippen LogP contribution is -2.30. The third kappa shape index (κ3) is 24.7. The molecule has 0 spiro atoms. The first-order chi connectivity index (χ1) is 40.5. The van der Waals surface area contributed by atoms with Gasteiger partial charge in [0.15, 0.2) is 0 Å². The van der Waals surface area contributed by atoms with Gasteiger partial charge in [0, 0.05) is 60.4 Å². The molecule has 0 atom stereocenters. The molecular formula is C68H100N4O10S2. The van der Waals surface area contributed by atoms with Crippen molar-refractivity contribution in [3.8, 4) is 34.4 Å². The molecule has 7 rings (SSSR count). The van der Waals surface area contributed by atoms with Gasteiger partial charge in [-0.25, -0.2) is 35.1 Å². The molecule has 464 valence electrons. The SMILES string of the molecule is CCCCCCCCCC[n+]1ccn(-c2cc3c(OCCC)c(c2)Cc2cccc(c2OCCC)Cc2cc(-n4cc[n+](CCCCCCCCCC)c4)cc(c2OCCC)Cc2cccc(c2OCCC)C3)c1.CS(=O)(=O)[O-].CS(=O)(=O)[O-]. The third-order valence-electron chi connectivity index (χ3n) is 14.7. The van der Waals surface area contributed by atoms with E-state index in [-0.39, 0.29) is 0 Å². The number of rotatable bonds is 32. The lowest BCUT2D eigenvalue weighted by atomic mass is 9.90. The Morgan fingerprint density at radius 3 is 0.905 bits per heavy atom. The largest absolute Gasteiger partial charge is 0.748 e. The molecular weight excluding hydrogens is 1100 g/mol. The van der Waals surface area contributed by atoms with Crippen LogP contribution in [0.4, 0.5) is 0 Å². The van der Waals surface area contributed by atoms with E-state index in [4.69, 9.17) is 44.9 Å². The van der Waals surface area contributed by atoms with Crippen molar-refractivity contribution in [1.29, 1.82) is 0 Å². The van der Waals surface area contributed by atoms with E-state index in [9.17, 15) is 0 Å². The molecule has 8 bridgehead atoms. The molecule has 0 fully saturated rings. The van der Waals surface area contributed by atoms with Crippen LogP contribution in [0.3, 0.4) is 0 Å². The Morgan fingerprint density at radius 1 is 0.393 bits per heavy atom. The summed E-state index contributed by atoms with van der Waals surface area (Å²) in [6.45, 7) is 18.0. The molecule has 1 aliphatic rings. The predicted molar refractivity (Wildman–Crippen MR) is 336 cm³/mol. The van der Waals surface area contributed by atoms with Gasteiger partial charge in [-0.3, -0.25) is 0 Å². The number of aryl methyl sites for hydroxylation is 2. The minimum absolute atomic E-state index is 0.604. The molecule has 2 heterocycles. The summed E-state index contributed by atoms with van der Waals surface area (Å²) in [5, 5.41) is 0. The van der Waals surface area contributed by atoms with E-state index < -0.39 is 20.2 Å². The van der Waals surface area contributed by atoms with Gasteiger partial charge in [0.05, 0.1) is 59.8 Å². The van der Waals surface area contributed by atoms with Crippen LogP contribution in [0.15, 0.2) is 98.1 Å². The van der Waals surface area contributed by atoms with Gasteiger partial charge < -0.3 is 28.1 Å². The number of fused-ring (bicyclic) bond motifs is 8. The molecule has 84 heavy (non-hydrogen) atoms. The van der Waals surface area contributed by atoms with Crippen molar-refractivity contribution in [3.05, 3.63) is 143 Å². The summed E-state index contributed by atoms with van der Waals surface area (Å²) in [6, 6.07) is 23.0. The van der Waals surface area contributed by atoms with Crippen LogP contribution in [-0.4, -0.2) is 74.0 Å². The van der Waals surface area contributed by atoms with Crippen LogP contribution in [0.1, 0.15) is 214 Å². The number of nitrogens with zero attached hydrogens (tertiary/aromatic N) is 4. The van der Waals surface area contributed by atoms with Crippen LogP contribution in [0.2, 0.25) is 0 Å². The van der Waals surface area contributed by atoms with Crippen LogP contribution in [0.5, 0.6) is 23.0 Å². The minimum Gasteiger partial charge on any atom is -0.748 e. The molecule has 0 radical (unpaired) electrons. The maximum atomic E-state index is 9.08. The summed E-state index contributed by atoms with van der Waals surface area (Å²) in [5.74, 6) is 3.88. The lowest BCUT2D eigenvalue weighted by Gasteiger charge is -2.23. The number of benzene rings is 4. The Kier molecular flexibility index (Phi) is 30.4. The second kappa shape index (κ2) is 37.0. The molecule has 0 N–H and O–H groups in total. The first kappa shape index (κ1) is 69.1. The van der Waals surface area contributed by atoms with Gasteiger partial charge in [0.25, 0.3) is 0 Å². The van der Waals surface area contributed by atoms with Gasteiger partial charge >= 0.3 is 0 Å². The molecule has 0 saturated carbocycles. The molecule has 2 aromatic heterocycles. The van der Waals surface area contributed by atoms with Crippen LogP contribution >= 0.6 is 0 Å². The van der Waals surface area contributed by atoms with E-state index >= 15 is 0 Å². The monoisotopic (exact) mass is 1200 g/mol. The molecule has 0 amide bonds. The summed E-state index contributed by atoms with van der Waals surface area (Å²) < 4.78 is 91.5. The third-order valence-corrected chi connectivity index (χ3v) is 14.7. The Hall–Kier alpha value is -5.68. The van der Waals surface area contributed by atoms with Gasteiger partial charge in [-0.2, -0.15) is 0 Å². The summed E-state index contributed by atoms with van der Waals surface area (Å²) in [5.41, 5.74) is 11.6. The average Bonchev–Trinajstić information content (AvgIpc) is 3.23. The average molecular weight is 1200 g/mol. The predicted octanol–water partition coefficient (Wildman–Crippen LogP) is 14.3. The first-order valence-corrected chi connectivity index (χ1v) is 35.1. The first-order valence-electron chi connectivity index (χ1n) is 31.5. The maximum Gasteiger partial charge on any atom is 0.248 e. The summed E-state index contributed by atoms with van der Waals surface area (Å²) in [7, 11) is -7.83. The normalized spacial score (nSPS) is 12.2. The van der Waals surface area contributed by atoms with Crippen molar-refractivity contribution in [2.24, 2.45) is 0 Å². The lowest BCUT2D eigenvalue weighted by molar-refractivity contribution is -0.696. The van der Waals surface area contributed by atoms with Crippen molar-refractivity contribution < 1.29 is 54.0 Å². The van der Waals surface area contributed by atoms with Crippen molar-refractivity contribution in [3.63, 3.8) is 0 Å². The van der Waals surface area contributed by atoms with Gasteiger partial charge in [-0.1, -0.05) is 155 Å². The summed E-state index contributed by atoms with van der Waals surface area (Å²) in [4.78, 5) is 0. The molecule has 16 heteroatoms. The minimum atomic E-state index is -3.92. The summed E-state index contributed by atoms with van der Waals surface area (Å²) in [6.07, 6.45) is 42.1. The highest BCUT2D eigenvalue weighted by Gasteiger charge is 2.25. The fourth-order valence-corrected chi connectivity index (χ4v) is 10.7. The van der Waals surface area contributed by atoms with E-state index in [2.05, 4.69) is 158 Å². The number of hydrogen-bond donors (Lipinski definition) is 0. The zero-order chi connectivity index (χ0) is 60.7. The van der Waals surface area contributed by atoms with Gasteiger partial charge in [-0.15, -0.1) is 0 Å². The quantitative estimate of drug-likeness (QED) is 0.0225. The Bertz CT molecular complexity index is 2800. The van der Waals surface area contributed by atoms with Crippen molar-refractivity contribution in [2.75, 3.05) is 38.9 Å². The molecule has 6 aromatic rings. The molecule has 1 aliphatic carbocycles. The zero-order valence-electron chi connectivity index (χ0n) is 52.1. The fraction of sp³-hybridized carbons (Fsp3) is 0.559. The van der Waals surface area contributed by atoms with Crippen LogP contribution in [-0.2, 0) is 59.0 Å². The highest BCUT2D eigenvalue weighted by atomic mass is 32.2. The van der Waals surface area contributed by atoms with E-state index in [0.29, 0.717) is 64.6 Å². The van der Waals surface area contributed by atoms with Gasteiger partial charge in [0.1, 0.15) is 59.2 Å². The Balaban J connectivity index is 0.00000119. The van der Waals surface area contributed by atoms with Crippen molar-refractivity contribution in [1.82, 2.24) is 9.13 Å². The Morgan fingerprint density at radius 2 is 0.643 bits per heavy atom. The maximum absolute atomic E-state index is 9.08.